The molecule has 0 saturated heterocycles. The Bertz CT molecular complexity index is 231. The fourth-order valence-corrected chi connectivity index (χ4v) is 1.63. The Labute approximate surface area is 99.9 Å². The van der Waals surface area contributed by atoms with Crippen molar-refractivity contribution in [3.8, 4) is 0 Å². The van der Waals surface area contributed by atoms with Gasteiger partial charge in [0, 0.05) is 0 Å². The highest BCUT2D eigenvalue weighted by Crippen LogP contribution is 2.20. The molecular weight excluding hydrogens is 235 g/mol. The molecule has 0 fully saturated rings. The summed E-state index contributed by atoms with van der Waals surface area (Å²) in [5, 5.41) is 0. The average Bonchev–Trinajstić information content (AvgIpc) is 2.22. The Morgan fingerprint density at radius 3 is 2.24 bits per heavy atom. The van der Waals surface area contributed by atoms with Gasteiger partial charge in [-0.05, 0) is 19.9 Å². The Balaban J connectivity index is 4.67. The number of esters is 1. The van der Waals surface area contributed by atoms with Gasteiger partial charge in [-0.1, -0.05) is 20.3 Å². The van der Waals surface area contributed by atoms with Crippen molar-refractivity contribution >= 4 is 5.97 Å². The zero-order chi connectivity index (χ0) is 13.5. The summed E-state index contributed by atoms with van der Waals surface area (Å²) in [6.45, 7) is 4.35. The van der Waals surface area contributed by atoms with Crippen LogP contribution < -0.4 is 0 Å². The zero-order valence-electron chi connectivity index (χ0n) is 10.5. The maximum atomic E-state index is 12.3. The van der Waals surface area contributed by atoms with Crippen molar-refractivity contribution in [1.82, 2.24) is 4.90 Å². The van der Waals surface area contributed by atoms with Crippen LogP contribution >= 0.6 is 0 Å². The molecular formula is C11H20F3NO2. The van der Waals surface area contributed by atoms with E-state index >= 15 is 0 Å². The molecule has 6 heteroatoms. The lowest BCUT2D eigenvalue weighted by atomic mass is 10.1. The third-order valence-electron chi connectivity index (χ3n) is 2.35. The fraction of sp³-hybridized carbons (Fsp3) is 0.909. The summed E-state index contributed by atoms with van der Waals surface area (Å²) in [6, 6.07) is -0.799. The summed E-state index contributed by atoms with van der Waals surface area (Å²) < 4.78 is 41.9. The Kier molecular flexibility index (Phi) is 7.18. The monoisotopic (exact) mass is 255 g/mol. The highest BCUT2D eigenvalue weighted by molar-refractivity contribution is 5.75. The first-order chi connectivity index (χ1) is 7.85. The SMILES string of the molecule is CCCC(C(=O)OCC)N(CC)CC(F)(F)F. The van der Waals surface area contributed by atoms with Gasteiger partial charge in [0.15, 0.2) is 0 Å². The fourth-order valence-electron chi connectivity index (χ4n) is 1.63. The standard InChI is InChI=1S/C11H20F3NO2/c1-4-7-9(10(16)17-6-3)15(5-2)8-11(12,13)14/h9H,4-8H2,1-3H3. The molecule has 0 aromatic heterocycles. The second-order valence-corrected chi connectivity index (χ2v) is 3.73. The molecule has 0 spiro atoms. The van der Waals surface area contributed by atoms with E-state index in [9.17, 15) is 18.0 Å². The van der Waals surface area contributed by atoms with E-state index in [1.165, 1.54) is 0 Å². The summed E-state index contributed by atoms with van der Waals surface area (Å²) in [5.41, 5.74) is 0. The second kappa shape index (κ2) is 7.53. The van der Waals surface area contributed by atoms with Crippen LogP contribution in [0.4, 0.5) is 13.2 Å². The largest absolute Gasteiger partial charge is 0.465 e. The molecule has 0 aromatic carbocycles. The second-order valence-electron chi connectivity index (χ2n) is 3.73. The Hall–Kier alpha value is -0.780. The van der Waals surface area contributed by atoms with Gasteiger partial charge in [-0.25, -0.2) is 0 Å². The first kappa shape index (κ1) is 16.2. The van der Waals surface area contributed by atoms with Gasteiger partial charge in [0.05, 0.1) is 13.2 Å². The summed E-state index contributed by atoms with van der Waals surface area (Å²) in [7, 11) is 0. The van der Waals surface area contributed by atoms with E-state index in [1.807, 2.05) is 6.92 Å². The van der Waals surface area contributed by atoms with Gasteiger partial charge in [-0.3, -0.25) is 9.69 Å². The van der Waals surface area contributed by atoms with Crippen molar-refractivity contribution in [2.24, 2.45) is 0 Å². The molecule has 0 saturated carbocycles. The van der Waals surface area contributed by atoms with E-state index in [0.717, 1.165) is 4.90 Å². The number of carbonyl (C=O) groups excluding carboxylic acids is 1. The molecule has 0 aromatic rings. The van der Waals surface area contributed by atoms with Gasteiger partial charge in [-0.15, -0.1) is 0 Å². The summed E-state index contributed by atoms with van der Waals surface area (Å²) >= 11 is 0. The van der Waals surface area contributed by atoms with Crippen molar-refractivity contribution in [3.05, 3.63) is 0 Å². The quantitative estimate of drug-likeness (QED) is 0.655. The number of nitrogens with zero attached hydrogens (tertiary/aromatic N) is 1. The first-order valence-corrected chi connectivity index (χ1v) is 5.83. The van der Waals surface area contributed by atoms with E-state index in [1.54, 1.807) is 13.8 Å². The van der Waals surface area contributed by atoms with Crippen LogP contribution in [0.25, 0.3) is 0 Å². The molecule has 0 radical (unpaired) electrons. The lowest BCUT2D eigenvalue weighted by molar-refractivity contribution is -0.165. The number of hydrogen-bond donors (Lipinski definition) is 0. The number of rotatable bonds is 7. The maximum Gasteiger partial charge on any atom is 0.401 e. The average molecular weight is 255 g/mol. The lowest BCUT2D eigenvalue weighted by Crippen LogP contribution is -2.46. The van der Waals surface area contributed by atoms with Crippen LogP contribution in [-0.2, 0) is 9.53 Å². The minimum atomic E-state index is -4.30. The van der Waals surface area contributed by atoms with Crippen LogP contribution in [0.5, 0.6) is 0 Å². The minimum absolute atomic E-state index is 0.170. The van der Waals surface area contributed by atoms with Crippen molar-refractivity contribution in [2.75, 3.05) is 19.7 Å². The molecule has 102 valence electrons. The van der Waals surface area contributed by atoms with E-state index in [-0.39, 0.29) is 13.2 Å². The summed E-state index contributed by atoms with van der Waals surface area (Å²) in [5.74, 6) is -0.569. The lowest BCUT2D eigenvalue weighted by Gasteiger charge is -2.29. The van der Waals surface area contributed by atoms with Gasteiger partial charge in [0.25, 0.3) is 0 Å². The molecule has 0 amide bonds. The first-order valence-electron chi connectivity index (χ1n) is 5.83. The normalized spacial score (nSPS) is 13.8. The zero-order valence-corrected chi connectivity index (χ0v) is 10.5. The van der Waals surface area contributed by atoms with Crippen molar-refractivity contribution in [3.63, 3.8) is 0 Å². The Morgan fingerprint density at radius 2 is 1.88 bits per heavy atom. The number of ether oxygens (including phenoxy) is 1. The molecule has 0 aliphatic heterocycles. The third kappa shape index (κ3) is 6.51. The predicted molar refractivity (Wildman–Crippen MR) is 58.6 cm³/mol. The van der Waals surface area contributed by atoms with Crippen LogP contribution in [-0.4, -0.2) is 42.8 Å². The molecule has 0 heterocycles. The molecule has 0 N–H and O–H groups in total. The predicted octanol–water partition coefficient (Wildman–Crippen LogP) is 2.60. The van der Waals surface area contributed by atoms with Crippen molar-refractivity contribution in [1.29, 1.82) is 0 Å². The van der Waals surface area contributed by atoms with E-state index in [0.29, 0.717) is 12.8 Å². The smallest absolute Gasteiger partial charge is 0.401 e. The number of halogens is 3. The van der Waals surface area contributed by atoms with E-state index < -0.39 is 24.7 Å². The molecule has 0 aliphatic rings. The van der Waals surface area contributed by atoms with Gasteiger partial charge >= 0.3 is 12.1 Å². The van der Waals surface area contributed by atoms with Gasteiger partial charge in [0.1, 0.15) is 6.04 Å². The van der Waals surface area contributed by atoms with Crippen molar-refractivity contribution < 1.29 is 22.7 Å². The minimum Gasteiger partial charge on any atom is -0.465 e. The highest BCUT2D eigenvalue weighted by Gasteiger charge is 2.35. The van der Waals surface area contributed by atoms with Crippen LogP contribution in [0.2, 0.25) is 0 Å². The molecule has 0 bridgehead atoms. The van der Waals surface area contributed by atoms with Gasteiger partial charge < -0.3 is 4.74 Å². The van der Waals surface area contributed by atoms with Crippen LogP contribution in [0.3, 0.4) is 0 Å². The third-order valence-corrected chi connectivity index (χ3v) is 2.35. The van der Waals surface area contributed by atoms with Crippen LogP contribution in [0.15, 0.2) is 0 Å². The van der Waals surface area contributed by atoms with Gasteiger partial charge in [0.2, 0.25) is 0 Å². The maximum absolute atomic E-state index is 12.3. The molecule has 3 nitrogen and oxygen atoms in total. The van der Waals surface area contributed by atoms with E-state index in [2.05, 4.69) is 0 Å². The van der Waals surface area contributed by atoms with Crippen molar-refractivity contribution in [2.45, 2.75) is 45.8 Å². The molecule has 0 aliphatic carbocycles. The Morgan fingerprint density at radius 1 is 1.29 bits per heavy atom. The topological polar surface area (TPSA) is 29.5 Å². The molecule has 1 unspecified atom stereocenters. The number of hydrogen-bond acceptors (Lipinski definition) is 3. The van der Waals surface area contributed by atoms with Crippen LogP contribution in [0, 0.1) is 0 Å². The number of alkyl halides is 3. The number of likely N-dealkylation sites (N-methyl/N-ethyl adjacent to an activating group) is 1. The highest BCUT2D eigenvalue weighted by atomic mass is 19.4. The number of carbonyl (C=O) groups is 1. The van der Waals surface area contributed by atoms with Crippen LogP contribution in [0.1, 0.15) is 33.6 Å². The van der Waals surface area contributed by atoms with Gasteiger partial charge in [-0.2, -0.15) is 13.2 Å². The summed E-state index contributed by atoms with van der Waals surface area (Å²) in [6.07, 6.45) is -3.28. The molecule has 1 atom stereocenters. The summed E-state index contributed by atoms with van der Waals surface area (Å²) in [4.78, 5) is 12.7. The molecule has 0 rings (SSSR count). The molecule has 17 heavy (non-hydrogen) atoms. The van der Waals surface area contributed by atoms with E-state index in [4.69, 9.17) is 4.74 Å².